The zero-order valence-corrected chi connectivity index (χ0v) is 13.8. The zero-order chi connectivity index (χ0) is 15.1. The monoisotopic (exact) mass is 285 g/mol. The predicted molar refractivity (Wildman–Crippen MR) is 88.8 cm³/mol. The van der Waals surface area contributed by atoms with Gasteiger partial charge in [-0.2, -0.15) is 4.57 Å². The molecule has 1 heterocycles. The summed E-state index contributed by atoms with van der Waals surface area (Å²) in [6, 6.07) is 10.6. The lowest BCUT2D eigenvalue weighted by Gasteiger charge is -2.08. The van der Waals surface area contributed by atoms with Crippen LogP contribution >= 0.6 is 0 Å². The van der Waals surface area contributed by atoms with E-state index in [2.05, 4.69) is 72.6 Å². The van der Waals surface area contributed by atoms with Crippen molar-refractivity contribution in [1.29, 1.82) is 0 Å². The molecule has 0 N–H and O–H groups in total. The highest BCUT2D eigenvalue weighted by Crippen LogP contribution is 2.16. The Kier molecular flexibility index (Phi) is 6.04. The smallest absolute Gasteiger partial charge is 0.234 e. The second-order valence-electron chi connectivity index (χ2n) is 6.12. The fraction of sp³-hybridized carbons (Fsp3) is 0.526. The van der Waals surface area contributed by atoms with Gasteiger partial charge in [0.1, 0.15) is 18.1 Å². The number of rotatable bonds is 8. The van der Waals surface area contributed by atoms with Crippen molar-refractivity contribution in [1.82, 2.24) is 4.57 Å². The van der Waals surface area contributed by atoms with Gasteiger partial charge in [0.2, 0.25) is 0 Å². The summed E-state index contributed by atoms with van der Waals surface area (Å²) in [4.78, 5) is 0. The van der Waals surface area contributed by atoms with Gasteiger partial charge in [0, 0.05) is 0 Å². The first-order valence-electron chi connectivity index (χ1n) is 8.40. The molecule has 0 amide bonds. The normalized spacial score (nSPS) is 11.2. The molecule has 2 aromatic rings. The molecule has 2 heteroatoms. The van der Waals surface area contributed by atoms with E-state index in [0.717, 1.165) is 6.54 Å². The molecule has 2 nitrogen and oxygen atoms in total. The van der Waals surface area contributed by atoms with Crippen LogP contribution in [0.1, 0.15) is 64.6 Å². The maximum atomic E-state index is 2.43. The molecule has 0 spiro atoms. The van der Waals surface area contributed by atoms with Gasteiger partial charge in [-0.3, -0.25) is 0 Å². The summed E-state index contributed by atoms with van der Waals surface area (Å²) in [6.07, 6.45) is 11.1. The van der Waals surface area contributed by atoms with Crippen molar-refractivity contribution >= 4 is 0 Å². The quantitative estimate of drug-likeness (QED) is 0.484. The first-order chi connectivity index (χ1) is 10.2. The third-order valence-electron chi connectivity index (χ3n) is 3.99. The summed E-state index contributed by atoms with van der Waals surface area (Å²) < 4.78 is 4.76. The molecule has 114 valence electrons. The van der Waals surface area contributed by atoms with Crippen LogP contribution in [0.15, 0.2) is 42.7 Å². The van der Waals surface area contributed by atoms with Crippen LogP contribution in [0.2, 0.25) is 0 Å². The molecule has 0 bridgehead atoms. The summed E-state index contributed by atoms with van der Waals surface area (Å²) in [5, 5.41) is 0. The third-order valence-corrected chi connectivity index (χ3v) is 3.99. The number of hydrogen-bond acceptors (Lipinski definition) is 0. The summed E-state index contributed by atoms with van der Waals surface area (Å²) in [5.74, 6) is 1.92. The summed E-state index contributed by atoms with van der Waals surface area (Å²) in [6.45, 7) is 7.97. The van der Waals surface area contributed by atoms with Crippen LogP contribution < -0.4 is 4.57 Å². The van der Waals surface area contributed by atoms with E-state index >= 15 is 0 Å². The van der Waals surface area contributed by atoms with Crippen molar-refractivity contribution < 1.29 is 4.57 Å². The number of para-hydroxylation sites is 1. The van der Waals surface area contributed by atoms with Crippen LogP contribution in [0.3, 0.4) is 0 Å². The molecule has 0 saturated heterocycles. The average Bonchev–Trinajstić information content (AvgIpc) is 2.92. The number of benzene rings is 1. The van der Waals surface area contributed by atoms with Gasteiger partial charge < -0.3 is 0 Å². The molecule has 0 aliphatic carbocycles. The van der Waals surface area contributed by atoms with E-state index in [1.165, 1.54) is 43.6 Å². The molecule has 1 aromatic heterocycles. The second-order valence-corrected chi connectivity index (χ2v) is 6.12. The van der Waals surface area contributed by atoms with Crippen LogP contribution in [0.25, 0.3) is 5.69 Å². The topological polar surface area (TPSA) is 8.81 Å². The molecule has 0 aliphatic rings. The minimum absolute atomic E-state index is 0.524. The Bertz CT molecular complexity index is 526. The van der Waals surface area contributed by atoms with E-state index in [-0.39, 0.29) is 0 Å². The van der Waals surface area contributed by atoms with Crippen molar-refractivity contribution in [2.24, 2.45) is 0 Å². The lowest BCUT2D eigenvalue weighted by Crippen LogP contribution is -2.37. The van der Waals surface area contributed by atoms with Crippen LogP contribution in [-0.2, 0) is 6.54 Å². The summed E-state index contributed by atoms with van der Waals surface area (Å²) >= 11 is 0. The average molecular weight is 285 g/mol. The number of imidazole rings is 1. The molecule has 0 saturated carbocycles. The number of unbranched alkanes of at least 4 members (excludes halogenated alkanes) is 4. The number of aromatic nitrogens is 2. The van der Waals surface area contributed by atoms with Gasteiger partial charge in [0.25, 0.3) is 5.82 Å². The number of aryl methyl sites for hydroxylation is 1. The van der Waals surface area contributed by atoms with E-state index in [1.807, 2.05) is 0 Å². The minimum Gasteiger partial charge on any atom is -0.234 e. The number of hydrogen-bond donors (Lipinski definition) is 0. The lowest BCUT2D eigenvalue weighted by atomic mass is 10.1. The van der Waals surface area contributed by atoms with Gasteiger partial charge in [0.15, 0.2) is 0 Å². The SMILES string of the molecule is CCCCCCC[n+]1ccn(-c2ccccc2)c1C(C)C. The van der Waals surface area contributed by atoms with Crippen LogP contribution in [0.4, 0.5) is 0 Å². The molecule has 21 heavy (non-hydrogen) atoms. The van der Waals surface area contributed by atoms with Crippen molar-refractivity contribution in [3.63, 3.8) is 0 Å². The van der Waals surface area contributed by atoms with Gasteiger partial charge in [-0.15, -0.1) is 0 Å². The summed E-state index contributed by atoms with van der Waals surface area (Å²) in [5.41, 5.74) is 1.26. The maximum Gasteiger partial charge on any atom is 0.264 e. The standard InChI is InChI=1S/C19H29N2/c1-4-5-6-7-11-14-20-15-16-21(19(20)17(2)3)18-12-9-8-10-13-18/h8-10,12-13,15-17H,4-7,11,14H2,1-3H3/q+1. The molecule has 0 radical (unpaired) electrons. The minimum atomic E-state index is 0.524. The highest BCUT2D eigenvalue weighted by Gasteiger charge is 2.21. The van der Waals surface area contributed by atoms with E-state index in [1.54, 1.807) is 0 Å². The Labute approximate surface area is 129 Å². The first kappa shape index (κ1) is 15.8. The fourth-order valence-corrected chi connectivity index (χ4v) is 2.93. The lowest BCUT2D eigenvalue weighted by molar-refractivity contribution is -0.705. The van der Waals surface area contributed by atoms with E-state index in [0.29, 0.717) is 5.92 Å². The van der Waals surface area contributed by atoms with Crippen molar-refractivity contribution in [3.8, 4) is 5.69 Å². The molecule has 2 rings (SSSR count). The van der Waals surface area contributed by atoms with Crippen molar-refractivity contribution in [2.75, 3.05) is 0 Å². The zero-order valence-electron chi connectivity index (χ0n) is 13.8. The Morgan fingerprint density at radius 1 is 1.00 bits per heavy atom. The molecular formula is C19H29N2+. The van der Waals surface area contributed by atoms with E-state index < -0.39 is 0 Å². The van der Waals surface area contributed by atoms with Gasteiger partial charge in [-0.05, 0) is 25.0 Å². The molecule has 0 aliphatic heterocycles. The molecule has 1 aromatic carbocycles. The molecule has 0 unspecified atom stereocenters. The van der Waals surface area contributed by atoms with E-state index in [4.69, 9.17) is 0 Å². The third kappa shape index (κ3) is 4.20. The molecule has 0 fully saturated rings. The van der Waals surface area contributed by atoms with Crippen LogP contribution in [0, 0.1) is 0 Å². The highest BCUT2D eigenvalue weighted by atomic mass is 15.2. The molecule has 0 atom stereocenters. The van der Waals surface area contributed by atoms with Crippen LogP contribution in [0.5, 0.6) is 0 Å². The van der Waals surface area contributed by atoms with Gasteiger partial charge >= 0.3 is 0 Å². The molecular weight excluding hydrogens is 256 g/mol. The Hall–Kier alpha value is -1.57. The highest BCUT2D eigenvalue weighted by molar-refractivity contribution is 5.32. The van der Waals surface area contributed by atoms with Crippen LogP contribution in [-0.4, -0.2) is 4.57 Å². The van der Waals surface area contributed by atoms with Crippen molar-refractivity contribution in [3.05, 3.63) is 48.5 Å². The first-order valence-corrected chi connectivity index (χ1v) is 8.40. The number of nitrogens with zero attached hydrogens (tertiary/aromatic N) is 2. The largest absolute Gasteiger partial charge is 0.264 e. The maximum absolute atomic E-state index is 2.43. The second kappa shape index (κ2) is 8.02. The predicted octanol–water partition coefficient (Wildman–Crippen LogP) is 4.86. The summed E-state index contributed by atoms with van der Waals surface area (Å²) in [7, 11) is 0. The Morgan fingerprint density at radius 3 is 2.38 bits per heavy atom. The van der Waals surface area contributed by atoms with Crippen molar-refractivity contribution in [2.45, 2.75) is 65.3 Å². The van der Waals surface area contributed by atoms with Gasteiger partial charge in [-0.1, -0.05) is 58.2 Å². The van der Waals surface area contributed by atoms with Gasteiger partial charge in [-0.25, -0.2) is 4.57 Å². The fourth-order valence-electron chi connectivity index (χ4n) is 2.93. The Morgan fingerprint density at radius 2 is 1.71 bits per heavy atom. The van der Waals surface area contributed by atoms with Gasteiger partial charge in [0.05, 0.1) is 12.5 Å². The van der Waals surface area contributed by atoms with E-state index in [9.17, 15) is 0 Å². The Balaban J connectivity index is 2.10.